The fourth-order valence-electron chi connectivity index (χ4n) is 1.80. The third-order valence-corrected chi connectivity index (χ3v) is 2.61. The van der Waals surface area contributed by atoms with Crippen LogP contribution < -0.4 is 10.2 Å². The van der Waals surface area contributed by atoms with Gasteiger partial charge in [-0.05, 0) is 18.2 Å². The number of anilines is 1. The minimum atomic E-state index is -1.10. The van der Waals surface area contributed by atoms with Gasteiger partial charge in [-0.1, -0.05) is 0 Å². The van der Waals surface area contributed by atoms with Crippen molar-refractivity contribution in [2.45, 2.75) is 0 Å². The van der Waals surface area contributed by atoms with Crippen LogP contribution >= 0.6 is 0 Å². The van der Waals surface area contributed by atoms with Gasteiger partial charge < -0.3 is 15.3 Å². The van der Waals surface area contributed by atoms with Gasteiger partial charge in [0.2, 0.25) is 0 Å². The molecule has 0 bridgehead atoms. The maximum absolute atomic E-state index is 13.2. The summed E-state index contributed by atoms with van der Waals surface area (Å²) >= 11 is 0. The van der Waals surface area contributed by atoms with Crippen LogP contribution in [-0.2, 0) is 0 Å². The van der Waals surface area contributed by atoms with Gasteiger partial charge >= 0.3 is 5.97 Å². The second-order valence-corrected chi connectivity index (χ2v) is 3.74. The van der Waals surface area contributed by atoms with Gasteiger partial charge in [0.15, 0.2) is 0 Å². The molecule has 0 saturated carbocycles. The summed E-state index contributed by atoms with van der Waals surface area (Å²) in [6, 6.07) is 3.92. The summed E-state index contributed by atoms with van der Waals surface area (Å²) < 4.78 is 13.2. The molecule has 1 aliphatic rings. The highest BCUT2D eigenvalue weighted by Crippen LogP contribution is 2.19. The van der Waals surface area contributed by atoms with Crippen LogP contribution in [0.2, 0.25) is 0 Å². The summed E-state index contributed by atoms with van der Waals surface area (Å²) in [4.78, 5) is 12.8. The molecule has 2 rings (SSSR count). The number of carbonyl (C=O) groups is 1. The van der Waals surface area contributed by atoms with Gasteiger partial charge in [-0.3, -0.25) is 0 Å². The number of halogens is 1. The lowest BCUT2D eigenvalue weighted by Gasteiger charge is -2.29. The van der Waals surface area contributed by atoms with Crippen LogP contribution in [0.3, 0.4) is 0 Å². The van der Waals surface area contributed by atoms with E-state index in [1.165, 1.54) is 12.1 Å². The highest BCUT2D eigenvalue weighted by atomic mass is 19.1. The second kappa shape index (κ2) is 4.49. The van der Waals surface area contributed by atoms with E-state index in [0.29, 0.717) is 5.69 Å². The first-order valence-corrected chi connectivity index (χ1v) is 5.16. The van der Waals surface area contributed by atoms with Crippen LogP contribution in [0.1, 0.15) is 10.4 Å². The van der Waals surface area contributed by atoms with Crippen molar-refractivity contribution in [1.29, 1.82) is 0 Å². The Morgan fingerprint density at radius 3 is 2.62 bits per heavy atom. The monoisotopic (exact) mass is 224 g/mol. The number of hydrogen-bond acceptors (Lipinski definition) is 3. The number of benzene rings is 1. The van der Waals surface area contributed by atoms with Gasteiger partial charge in [-0.2, -0.15) is 0 Å². The first-order chi connectivity index (χ1) is 7.66. The van der Waals surface area contributed by atoms with Crippen molar-refractivity contribution in [1.82, 2.24) is 5.32 Å². The Balaban J connectivity index is 2.28. The first kappa shape index (κ1) is 10.9. The Bertz CT molecular complexity index is 403. The van der Waals surface area contributed by atoms with Gasteiger partial charge in [0, 0.05) is 31.9 Å². The topological polar surface area (TPSA) is 52.6 Å². The van der Waals surface area contributed by atoms with Crippen LogP contribution in [0.25, 0.3) is 0 Å². The van der Waals surface area contributed by atoms with Gasteiger partial charge in [0.05, 0.1) is 5.56 Å². The van der Waals surface area contributed by atoms with Crippen LogP contribution in [-0.4, -0.2) is 37.3 Å². The second-order valence-electron chi connectivity index (χ2n) is 3.74. The number of carboxylic acid groups (broad SMARTS) is 1. The van der Waals surface area contributed by atoms with E-state index in [-0.39, 0.29) is 5.56 Å². The molecule has 1 heterocycles. The minimum Gasteiger partial charge on any atom is -0.478 e. The van der Waals surface area contributed by atoms with E-state index in [9.17, 15) is 9.18 Å². The van der Waals surface area contributed by atoms with Crippen molar-refractivity contribution in [3.05, 3.63) is 29.6 Å². The molecule has 16 heavy (non-hydrogen) atoms. The molecule has 0 aliphatic carbocycles. The lowest BCUT2D eigenvalue weighted by molar-refractivity contribution is 0.0696. The number of piperazine rings is 1. The predicted molar refractivity (Wildman–Crippen MR) is 58.4 cm³/mol. The minimum absolute atomic E-state index is 0.00599. The Kier molecular flexibility index (Phi) is 3.05. The van der Waals surface area contributed by atoms with E-state index in [0.717, 1.165) is 32.2 Å². The van der Waals surface area contributed by atoms with Crippen molar-refractivity contribution in [3.8, 4) is 0 Å². The molecule has 1 aromatic carbocycles. The molecule has 1 aromatic rings. The van der Waals surface area contributed by atoms with Crippen molar-refractivity contribution in [2.75, 3.05) is 31.1 Å². The smallest absolute Gasteiger partial charge is 0.335 e. The predicted octanol–water partition coefficient (Wildman–Crippen LogP) is 0.933. The van der Waals surface area contributed by atoms with E-state index in [1.807, 2.05) is 4.90 Å². The zero-order valence-electron chi connectivity index (χ0n) is 8.74. The van der Waals surface area contributed by atoms with Gasteiger partial charge in [-0.25, -0.2) is 9.18 Å². The summed E-state index contributed by atoms with van der Waals surface area (Å²) in [6.07, 6.45) is 0. The Morgan fingerprint density at radius 2 is 2.00 bits per heavy atom. The zero-order valence-corrected chi connectivity index (χ0v) is 8.74. The van der Waals surface area contributed by atoms with Crippen LogP contribution in [0, 0.1) is 5.82 Å². The lowest BCUT2D eigenvalue weighted by atomic mass is 10.1. The van der Waals surface area contributed by atoms with Crippen LogP contribution in [0.5, 0.6) is 0 Å². The third-order valence-electron chi connectivity index (χ3n) is 2.61. The summed E-state index contributed by atoms with van der Waals surface area (Å²) in [7, 11) is 0. The standard InChI is InChI=1S/C11H13FN2O2/c12-9-5-8(11(15)16)6-10(7-9)14-3-1-13-2-4-14/h5-7,13H,1-4H2,(H,15,16). The SMILES string of the molecule is O=C(O)c1cc(F)cc(N2CCNCC2)c1. The number of aromatic carboxylic acids is 1. The highest BCUT2D eigenvalue weighted by molar-refractivity contribution is 5.88. The molecule has 4 nitrogen and oxygen atoms in total. The third kappa shape index (κ3) is 2.30. The average Bonchev–Trinajstić information content (AvgIpc) is 2.29. The number of carboxylic acids is 1. The largest absolute Gasteiger partial charge is 0.478 e. The lowest BCUT2D eigenvalue weighted by Crippen LogP contribution is -2.43. The van der Waals surface area contributed by atoms with Gasteiger partial charge in [-0.15, -0.1) is 0 Å². The van der Waals surface area contributed by atoms with Crippen LogP contribution in [0.15, 0.2) is 18.2 Å². The van der Waals surface area contributed by atoms with Crippen LogP contribution in [0.4, 0.5) is 10.1 Å². The summed E-state index contributed by atoms with van der Waals surface area (Å²) in [6.45, 7) is 3.20. The molecule has 0 aromatic heterocycles. The Morgan fingerprint density at radius 1 is 1.31 bits per heavy atom. The van der Waals surface area contributed by atoms with E-state index >= 15 is 0 Å². The molecule has 0 atom stereocenters. The number of nitrogens with one attached hydrogen (secondary N) is 1. The first-order valence-electron chi connectivity index (χ1n) is 5.16. The molecule has 0 spiro atoms. The molecule has 1 saturated heterocycles. The number of nitrogens with zero attached hydrogens (tertiary/aromatic N) is 1. The summed E-state index contributed by atoms with van der Waals surface area (Å²) in [5, 5.41) is 12.0. The fourth-order valence-corrected chi connectivity index (χ4v) is 1.80. The molecule has 0 radical (unpaired) electrons. The van der Waals surface area contributed by atoms with Gasteiger partial charge in [0.25, 0.3) is 0 Å². The molecular formula is C11H13FN2O2. The number of rotatable bonds is 2. The van der Waals surface area contributed by atoms with Gasteiger partial charge in [0.1, 0.15) is 5.82 Å². The molecule has 1 fully saturated rings. The maximum atomic E-state index is 13.2. The molecule has 2 N–H and O–H groups in total. The molecule has 1 aliphatic heterocycles. The quantitative estimate of drug-likeness (QED) is 0.784. The van der Waals surface area contributed by atoms with Crippen molar-refractivity contribution < 1.29 is 14.3 Å². The van der Waals surface area contributed by atoms with E-state index in [4.69, 9.17) is 5.11 Å². The van der Waals surface area contributed by atoms with Crippen molar-refractivity contribution in [3.63, 3.8) is 0 Å². The molecule has 86 valence electrons. The highest BCUT2D eigenvalue weighted by Gasteiger charge is 2.14. The normalized spacial score (nSPS) is 16.2. The Labute approximate surface area is 92.7 Å². The molecule has 0 unspecified atom stereocenters. The fraction of sp³-hybridized carbons (Fsp3) is 0.364. The van der Waals surface area contributed by atoms with E-state index in [2.05, 4.69) is 5.32 Å². The average molecular weight is 224 g/mol. The van der Waals surface area contributed by atoms with E-state index in [1.54, 1.807) is 0 Å². The molecule has 5 heteroatoms. The van der Waals surface area contributed by atoms with Crippen molar-refractivity contribution >= 4 is 11.7 Å². The molecule has 0 amide bonds. The van der Waals surface area contributed by atoms with Crippen molar-refractivity contribution in [2.24, 2.45) is 0 Å². The summed E-state index contributed by atoms with van der Waals surface area (Å²) in [5.74, 6) is -1.61. The maximum Gasteiger partial charge on any atom is 0.335 e. The zero-order chi connectivity index (χ0) is 11.5. The Hall–Kier alpha value is -1.62. The van der Waals surface area contributed by atoms with E-state index < -0.39 is 11.8 Å². The summed E-state index contributed by atoms with van der Waals surface area (Å²) in [5.41, 5.74) is 0.632. The number of hydrogen-bond donors (Lipinski definition) is 2. The molecular weight excluding hydrogens is 211 g/mol.